The minimum atomic E-state index is -1.74. The number of carbonyl (C=O) groups is 1. The number of hydrogen-bond donors (Lipinski definition) is 5. The zero-order chi connectivity index (χ0) is 29.2. The lowest BCUT2D eigenvalue weighted by molar-refractivity contribution is -0.139. The molecule has 7 nitrogen and oxygen atoms in total. The summed E-state index contributed by atoms with van der Waals surface area (Å²) in [5.41, 5.74) is 8.08. The molecule has 0 aromatic carbocycles. The van der Waals surface area contributed by atoms with Gasteiger partial charge in [0, 0.05) is 13.0 Å². The lowest BCUT2D eigenvalue weighted by atomic mass is 9.47. The molecule has 0 spiro atoms. The number of allylic oxidation sites excluding steroid dienone is 1. The molecular weight excluding hydrogens is 523 g/mol. The Morgan fingerprint density at radius 2 is 1.90 bits per heavy atom. The van der Waals surface area contributed by atoms with Crippen molar-refractivity contribution in [1.29, 1.82) is 0 Å². The Balaban J connectivity index is 0.000000350. The first kappa shape index (κ1) is 32.4. The molecule has 0 radical (unpaired) electrons. The van der Waals surface area contributed by atoms with E-state index >= 15 is 0 Å². The third kappa shape index (κ3) is 6.97. The highest BCUT2D eigenvalue weighted by Gasteiger charge is 2.59. The average Bonchev–Trinajstić information content (AvgIpc) is 3.47. The molecule has 5 rings (SSSR count). The van der Waals surface area contributed by atoms with E-state index in [9.17, 15) is 9.69 Å². The van der Waals surface area contributed by atoms with Crippen LogP contribution in [0.15, 0.2) is 11.6 Å². The molecule has 4 aliphatic carbocycles. The molecule has 1 aliphatic heterocycles. The van der Waals surface area contributed by atoms with Crippen LogP contribution >= 0.6 is 8.53 Å². The lowest BCUT2D eigenvalue weighted by Gasteiger charge is -2.58. The minimum Gasteiger partial charge on any atom is -0.480 e. The Kier molecular flexibility index (Phi) is 10.8. The second kappa shape index (κ2) is 13.4. The van der Waals surface area contributed by atoms with Crippen LogP contribution in [0.25, 0.3) is 0 Å². The van der Waals surface area contributed by atoms with E-state index < -0.39 is 26.6 Å². The van der Waals surface area contributed by atoms with E-state index in [1.807, 2.05) is 0 Å². The number of aliphatic carboxylic acids is 1. The van der Waals surface area contributed by atoms with E-state index in [1.54, 1.807) is 5.57 Å². The highest BCUT2D eigenvalue weighted by Crippen LogP contribution is 2.67. The van der Waals surface area contributed by atoms with Gasteiger partial charge in [-0.1, -0.05) is 65.5 Å². The summed E-state index contributed by atoms with van der Waals surface area (Å²) in [5.74, 6) is 4.41. The number of aliphatic hydroxyl groups is 1. The minimum absolute atomic E-state index is 0.119. The van der Waals surface area contributed by atoms with Crippen molar-refractivity contribution in [3.05, 3.63) is 11.6 Å². The van der Waals surface area contributed by atoms with Gasteiger partial charge in [0.25, 0.3) is 0 Å². The summed E-state index contributed by atoms with van der Waals surface area (Å²) in [5, 5.41) is 19.8. The third-order valence-corrected chi connectivity index (χ3v) is 12.4. The van der Waals surface area contributed by atoms with Gasteiger partial charge in [-0.25, -0.2) is 0 Å². The molecule has 40 heavy (non-hydrogen) atoms. The van der Waals surface area contributed by atoms with E-state index in [4.69, 9.17) is 20.2 Å². The Labute approximate surface area is 244 Å². The van der Waals surface area contributed by atoms with Crippen LogP contribution in [0, 0.1) is 46.3 Å². The predicted molar refractivity (Wildman–Crippen MR) is 161 cm³/mol. The number of rotatable bonds is 8. The standard InChI is InChI=1S/C27H48NO2P.C5H9NO3/c1-18(2)7-6-8-19(3)23-11-12-24-22-10-9-20-17-21(30-31(28)29)13-15-26(20,4)25(22)14-16-27(23,24)5;7-3-1-4(5(8)9)6-2-3/h9,18-19,21-25,29H,6-8,10-17,28H2,1-5H3;3-4,6-7H,1-2H2,(H,8,9)/t19-,21+,22+,23-,24+,25+,26+,27-,31?;3-,4+/m11/s1. The first-order valence-corrected chi connectivity index (χ1v) is 17.4. The molecule has 1 saturated heterocycles. The third-order valence-electron chi connectivity index (χ3n) is 11.9. The fourth-order valence-electron chi connectivity index (χ4n) is 9.80. The van der Waals surface area contributed by atoms with Crippen LogP contribution in [0.3, 0.4) is 0 Å². The fourth-order valence-corrected chi connectivity index (χ4v) is 10.3. The van der Waals surface area contributed by atoms with E-state index in [2.05, 4.69) is 46.0 Å². The predicted octanol–water partition coefficient (Wildman–Crippen LogP) is 6.38. The maximum absolute atomic E-state index is 10.2. The second-order valence-corrected chi connectivity index (χ2v) is 15.6. The Morgan fingerprint density at radius 3 is 2.50 bits per heavy atom. The molecule has 230 valence electrons. The van der Waals surface area contributed by atoms with Gasteiger partial charge in [0.15, 0.2) is 0 Å². The van der Waals surface area contributed by atoms with Gasteiger partial charge in [0.05, 0.1) is 12.2 Å². The molecule has 0 aromatic heterocycles. The molecule has 0 amide bonds. The monoisotopic (exact) mass is 580 g/mol. The van der Waals surface area contributed by atoms with Gasteiger partial charge in [0.1, 0.15) is 6.04 Å². The van der Waals surface area contributed by atoms with Gasteiger partial charge >= 0.3 is 5.97 Å². The number of nitrogens with one attached hydrogen (secondary N) is 1. The molecule has 0 bridgehead atoms. The number of β-amino-alcohol motifs (C(OH)–C–C–N with tert-alkyl or cyclic N) is 1. The van der Waals surface area contributed by atoms with Gasteiger partial charge in [-0.15, -0.1) is 0 Å². The first-order valence-electron chi connectivity index (χ1n) is 16.1. The number of fused-ring (bicyclic) bond motifs is 5. The number of carboxylic acid groups (broad SMARTS) is 1. The van der Waals surface area contributed by atoms with Crippen LogP contribution in [-0.2, 0) is 9.32 Å². The van der Waals surface area contributed by atoms with E-state index in [1.165, 1.54) is 57.8 Å². The zero-order valence-electron chi connectivity index (χ0n) is 25.6. The molecular formula is C32H57N2O5P. The summed E-state index contributed by atoms with van der Waals surface area (Å²) in [6, 6.07) is -0.542. The summed E-state index contributed by atoms with van der Waals surface area (Å²) in [6.45, 7) is 12.9. The number of nitrogens with two attached hydrogens (primary N) is 1. The number of carboxylic acids is 1. The Hall–Kier alpha value is -0.560. The second-order valence-electron chi connectivity index (χ2n) is 14.8. The van der Waals surface area contributed by atoms with Crippen LogP contribution in [0.2, 0.25) is 0 Å². The van der Waals surface area contributed by atoms with Crippen molar-refractivity contribution in [2.24, 2.45) is 51.8 Å². The van der Waals surface area contributed by atoms with Crippen molar-refractivity contribution in [1.82, 2.24) is 5.32 Å². The van der Waals surface area contributed by atoms with Crippen molar-refractivity contribution in [3.63, 3.8) is 0 Å². The van der Waals surface area contributed by atoms with Gasteiger partial charge in [-0.05, 0) is 97.7 Å². The Morgan fingerprint density at radius 1 is 1.15 bits per heavy atom. The fraction of sp³-hybridized carbons (Fsp3) is 0.906. The summed E-state index contributed by atoms with van der Waals surface area (Å²) in [4.78, 5) is 19.7. The molecule has 6 N–H and O–H groups in total. The molecule has 1 unspecified atom stereocenters. The summed E-state index contributed by atoms with van der Waals surface area (Å²) in [7, 11) is -1.74. The van der Waals surface area contributed by atoms with Crippen molar-refractivity contribution in [2.45, 2.75) is 130 Å². The van der Waals surface area contributed by atoms with Gasteiger partial charge in [0.2, 0.25) is 8.53 Å². The first-order chi connectivity index (χ1) is 18.8. The van der Waals surface area contributed by atoms with Crippen molar-refractivity contribution in [3.8, 4) is 0 Å². The van der Waals surface area contributed by atoms with Crippen molar-refractivity contribution in [2.75, 3.05) is 6.54 Å². The van der Waals surface area contributed by atoms with E-state index in [-0.39, 0.29) is 6.10 Å². The molecule has 11 atom stereocenters. The van der Waals surface area contributed by atoms with Gasteiger partial charge < -0.3 is 24.9 Å². The zero-order valence-corrected chi connectivity index (χ0v) is 26.5. The van der Waals surface area contributed by atoms with Crippen molar-refractivity contribution < 1.29 is 24.4 Å². The van der Waals surface area contributed by atoms with Crippen LogP contribution in [-0.4, -0.2) is 45.9 Å². The van der Waals surface area contributed by atoms with E-state index in [0.29, 0.717) is 23.8 Å². The summed E-state index contributed by atoms with van der Waals surface area (Å²) < 4.78 is 5.65. The molecule has 3 saturated carbocycles. The highest BCUT2D eigenvalue weighted by atomic mass is 31.2. The average molecular weight is 581 g/mol. The molecule has 1 heterocycles. The Bertz CT molecular complexity index is 899. The van der Waals surface area contributed by atoms with Crippen LogP contribution in [0.4, 0.5) is 0 Å². The highest BCUT2D eigenvalue weighted by molar-refractivity contribution is 7.43. The van der Waals surface area contributed by atoms with Crippen LogP contribution < -0.4 is 10.8 Å². The molecule has 0 aromatic rings. The number of aliphatic hydroxyl groups excluding tert-OH is 1. The summed E-state index contributed by atoms with van der Waals surface area (Å²) in [6.07, 6.45) is 17.1. The molecule has 4 fully saturated rings. The van der Waals surface area contributed by atoms with Gasteiger partial charge in [-0.3, -0.25) is 10.3 Å². The van der Waals surface area contributed by atoms with Crippen LogP contribution in [0.5, 0.6) is 0 Å². The SMILES string of the molecule is CC(C)CCC[C@@H](C)[C@H]1CC[C@H]2[C@@H]3CC=C4C[C@@H](OP(N)O)CC[C@]4(C)[C@H]3CC[C@]12C.O=C(O)[C@@H]1C[C@@H](O)CN1. The molecule has 5 aliphatic rings. The number of hydrogen-bond acceptors (Lipinski definition) is 6. The summed E-state index contributed by atoms with van der Waals surface area (Å²) >= 11 is 0. The maximum atomic E-state index is 10.2. The topological polar surface area (TPSA) is 125 Å². The lowest BCUT2D eigenvalue weighted by Crippen LogP contribution is -2.51. The van der Waals surface area contributed by atoms with E-state index in [0.717, 1.165) is 48.3 Å². The maximum Gasteiger partial charge on any atom is 0.320 e. The van der Waals surface area contributed by atoms with Crippen molar-refractivity contribution >= 4 is 14.5 Å². The van der Waals surface area contributed by atoms with Gasteiger partial charge in [-0.2, -0.15) is 0 Å². The molecule has 8 heteroatoms. The smallest absolute Gasteiger partial charge is 0.320 e. The quantitative estimate of drug-likeness (QED) is 0.167. The largest absolute Gasteiger partial charge is 0.480 e. The van der Waals surface area contributed by atoms with Crippen LogP contribution in [0.1, 0.15) is 112 Å². The normalized spacial score (nSPS) is 42.1.